The van der Waals surface area contributed by atoms with Gasteiger partial charge in [0, 0.05) is 47.6 Å². The van der Waals surface area contributed by atoms with Crippen LogP contribution in [0.4, 0.5) is 0 Å². The van der Waals surface area contributed by atoms with E-state index in [9.17, 15) is 24.3 Å². The smallest absolute Gasteiger partial charge is 0.326 e. The molecule has 0 bridgehead atoms. The maximum atomic E-state index is 13.5. The highest BCUT2D eigenvalue weighted by Gasteiger charge is 2.32. The molecule has 0 fully saturated rings. The summed E-state index contributed by atoms with van der Waals surface area (Å²) in [6, 6.07) is 3.19. The lowest BCUT2D eigenvalue weighted by molar-refractivity contribution is -0.143. The van der Waals surface area contributed by atoms with Crippen LogP contribution in [0.5, 0.6) is 0 Å². The summed E-state index contributed by atoms with van der Waals surface area (Å²) in [5.41, 5.74) is 7.98. The van der Waals surface area contributed by atoms with Gasteiger partial charge in [-0.3, -0.25) is 14.4 Å². The van der Waals surface area contributed by atoms with E-state index in [-0.39, 0.29) is 24.5 Å². The SMILES string of the molecule is CCC(C)C(NC(=O)C(Cc1c[nH]c2ccccc12)NC(=O)C(Cc1cnc[nH]1)NC(=O)C(N)CS)C(=O)O. The second-order valence-corrected chi connectivity index (χ2v) is 9.83. The highest BCUT2D eigenvalue weighted by molar-refractivity contribution is 7.80. The molecule has 0 aliphatic carbocycles. The Morgan fingerprint density at radius 1 is 1.03 bits per heavy atom. The highest BCUT2D eigenvalue weighted by atomic mass is 32.1. The summed E-state index contributed by atoms with van der Waals surface area (Å²) in [5.74, 6) is -3.31. The topological polar surface area (TPSA) is 195 Å². The van der Waals surface area contributed by atoms with E-state index in [0.717, 1.165) is 16.5 Å². The number of nitrogens with one attached hydrogen (secondary N) is 5. The van der Waals surface area contributed by atoms with Gasteiger partial charge < -0.3 is 36.8 Å². The molecule has 5 atom stereocenters. The molecule has 5 unspecified atom stereocenters. The quantitative estimate of drug-likeness (QED) is 0.132. The monoisotopic (exact) mass is 557 g/mol. The van der Waals surface area contributed by atoms with Crippen LogP contribution in [0.15, 0.2) is 43.0 Å². The van der Waals surface area contributed by atoms with Gasteiger partial charge in [-0.1, -0.05) is 38.5 Å². The average molecular weight is 558 g/mol. The van der Waals surface area contributed by atoms with E-state index in [2.05, 4.69) is 43.5 Å². The van der Waals surface area contributed by atoms with E-state index in [4.69, 9.17) is 5.73 Å². The second kappa shape index (κ2) is 13.8. The van der Waals surface area contributed by atoms with Gasteiger partial charge in [0.25, 0.3) is 0 Å². The van der Waals surface area contributed by atoms with Crippen LogP contribution in [0.1, 0.15) is 31.5 Å². The number of amides is 3. The second-order valence-electron chi connectivity index (χ2n) is 9.47. The van der Waals surface area contributed by atoms with E-state index in [1.807, 2.05) is 31.2 Å². The van der Waals surface area contributed by atoms with E-state index in [0.29, 0.717) is 12.1 Å². The van der Waals surface area contributed by atoms with Crippen molar-refractivity contribution in [2.45, 2.75) is 57.3 Å². The Bertz CT molecular complexity index is 1280. The Hall–Kier alpha value is -3.84. The molecule has 2 aromatic heterocycles. The lowest BCUT2D eigenvalue weighted by Gasteiger charge is -2.26. The molecule has 0 saturated heterocycles. The predicted octanol–water partition coefficient (Wildman–Crippen LogP) is 0.518. The van der Waals surface area contributed by atoms with Crippen molar-refractivity contribution >= 4 is 47.2 Å². The lowest BCUT2D eigenvalue weighted by Crippen LogP contribution is -2.58. The first-order valence-electron chi connectivity index (χ1n) is 12.7. The first kappa shape index (κ1) is 29.7. The fourth-order valence-electron chi connectivity index (χ4n) is 4.13. The van der Waals surface area contributed by atoms with Gasteiger partial charge in [0.15, 0.2) is 0 Å². The Morgan fingerprint density at radius 2 is 1.69 bits per heavy atom. The minimum atomic E-state index is -1.17. The van der Waals surface area contributed by atoms with Crippen LogP contribution >= 0.6 is 12.6 Å². The number of carbonyl (C=O) groups excluding carboxylic acids is 3. The minimum absolute atomic E-state index is 0.0584. The first-order valence-corrected chi connectivity index (χ1v) is 13.3. The summed E-state index contributed by atoms with van der Waals surface area (Å²) in [6.45, 7) is 3.56. The number of fused-ring (bicyclic) bond motifs is 1. The number of aromatic amines is 2. The molecule has 0 aliphatic heterocycles. The molecule has 8 N–H and O–H groups in total. The molecule has 210 valence electrons. The fraction of sp³-hybridized carbons (Fsp3) is 0.423. The maximum absolute atomic E-state index is 13.5. The summed E-state index contributed by atoms with van der Waals surface area (Å²) >= 11 is 4.05. The largest absolute Gasteiger partial charge is 0.480 e. The van der Waals surface area contributed by atoms with Crippen LogP contribution in [-0.2, 0) is 32.0 Å². The number of benzene rings is 1. The van der Waals surface area contributed by atoms with Crippen molar-refractivity contribution < 1.29 is 24.3 Å². The zero-order valence-electron chi connectivity index (χ0n) is 21.8. The van der Waals surface area contributed by atoms with Gasteiger partial charge in [0.05, 0.1) is 12.4 Å². The number of hydrogen-bond acceptors (Lipinski definition) is 7. The molecular weight excluding hydrogens is 522 g/mol. The van der Waals surface area contributed by atoms with Gasteiger partial charge in [-0.05, 0) is 17.5 Å². The van der Waals surface area contributed by atoms with Crippen molar-refractivity contribution in [2.24, 2.45) is 11.7 Å². The molecule has 0 spiro atoms. The van der Waals surface area contributed by atoms with Crippen LogP contribution < -0.4 is 21.7 Å². The summed E-state index contributed by atoms with van der Waals surface area (Å²) in [7, 11) is 0. The molecule has 0 radical (unpaired) electrons. The summed E-state index contributed by atoms with van der Waals surface area (Å²) in [6.07, 6.45) is 5.37. The third-order valence-corrected chi connectivity index (χ3v) is 7.05. The summed E-state index contributed by atoms with van der Waals surface area (Å²) in [5, 5.41) is 18.5. The molecule has 13 heteroatoms. The highest BCUT2D eigenvalue weighted by Crippen LogP contribution is 2.20. The standard InChI is InChI=1S/C26H35N7O5S/c1-3-14(2)22(26(37)38)33-25(36)20(8-15-10-29-19-7-5-4-6-17(15)19)32-24(35)21(9-16-11-28-13-30-16)31-23(34)18(27)12-39/h4-7,10-11,13-14,18,20-22,29,39H,3,8-9,12,27H2,1-2H3,(H,28,30)(H,31,34)(H,32,35)(H,33,36)(H,37,38). The number of rotatable bonds is 14. The number of H-pyrrole nitrogens is 2. The van der Waals surface area contributed by atoms with Crippen molar-refractivity contribution in [3.05, 3.63) is 54.2 Å². The number of nitrogens with two attached hydrogens (primary N) is 1. The van der Waals surface area contributed by atoms with Crippen LogP contribution in [0.2, 0.25) is 0 Å². The zero-order valence-corrected chi connectivity index (χ0v) is 22.7. The summed E-state index contributed by atoms with van der Waals surface area (Å²) < 4.78 is 0. The molecule has 3 aromatic rings. The van der Waals surface area contributed by atoms with Crippen molar-refractivity contribution in [1.29, 1.82) is 0 Å². The van der Waals surface area contributed by atoms with Crippen LogP contribution in [0.25, 0.3) is 10.9 Å². The maximum Gasteiger partial charge on any atom is 0.326 e. The third-order valence-electron chi connectivity index (χ3n) is 6.65. The number of imidazole rings is 1. The Kier molecular flexibility index (Phi) is 10.5. The van der Waals surface area contributed by atoms with Gasteiger partial charge in [-0.2, -0.15) is 12.6 Å². The molecule has 1 aromatic carbocycles. The minimum Gasteiger partial charge on any atom is -0.480 e. The Morgan fingerprint density at radius 3 is 2.33 bits per heavy atom. The number of carboxylic acid groups (broad SMARTS) is 1. The van der Waals surface area contributed by atoms with Crippen molar-refractivity contribution in [3.63, 3.8) is 0 Å². The molecule has 0 aliphatic rings. The predicted molar refractivity (Wildman–Crippen MR) is 149 cm³/mol. The van der Waals surface area contributed by atoms with Gasteiger partial charge >= 0.3 is 5.97 Å². The number of carboxylic acids is 1. The van der Waals surface area contributed by atoms with Gasteiger partial charge in [-0.25, -0.2) is 9.78 Å². The molecular formula is C26H35N7O5S. The van der Waals surface area contributed by atoms with Gasteiger partial charge in [-0.15, -0.1) is 0 Å². The van der Waals surface area contributed by atoms with E-state index in [1.165, 1.54) is 12.5 Å². The number of carbonyl (C=O) groups is 4. The Labute approximate surface area is 231 Å². The average Bonchev–Trinajstić information content (AvgIpc) is 3.59. The summed E-state index contributed by atoms with van der Waals surface area (Å²) in [4.78, 5) is 61.4. The van der Waals surface area contributed by atoms with Crippen LogP contribution in [0, 0.1) is 5.92 Å². The van der Waals surface area contributed by atoms with Crippen molar-refractivity contribution in [3.8, 4) is 0 Å². The zero-order chi connectivity index (χ0) is 28.5. The van der Waals surface area contributed by atoms with E-state index < -0.39 is 47.9 Å². The van der Waals surface area contributed by atoms with E-state index >= 15 is 0 Å². The van der Waals surface area contributed by atoms with Crippen LogP contribution in [0.3, 0.4) is 0 Å². The molecule has 39 heavy (non-hydrogen) atoms. The van der Waals surface area contributed by atoms with E-state index in [1.54, 1.807) is 13.1 Å². The van der Waals surface area contributed by atoms with Crippen molar-refractivity contribution in [2.75, 3.05) is 5.75 Å². The van der Waals surface area contributed by atoms with Gasteiger partial charge in [0.1, 0.15) is 18.1 Å². The number of aromatic nitrogens is 3. The third kappa shape index (κ3) is 7.83. The number of aliphatic carboxylic acids is 1. The Balaban J connectivity index is 1.89. The van der Waals surface area contributed by atoms with Crippen LogP contribution in [-0.4, -0.2) is 73.7 Å². The molecule has 3 amide bonds. The molecule has 12 nitrogen and oxygen atoms in total. The number of nitrogens with zero attached hydrogens (tertiary/aromatic N) is 1. The molecule has 3 rings (SSSR count). The fourth-order valence-corrected chi connectivity index (χ4v) is 4.29. The molecule has 0 saturated carbocycles. The number of thiol groups is 1. The normalized spacial score (nSPS) is 15.1. The number of hydrogen-bond donors (Lipinski definition) is 8. The van der Waals surface area contributed by atoms with Gasteiger partial charge in [0.2, 0.25) is 17.7 Å². The number of para-hydroxylation sites is 1. The lowest BCUT2D eigenvalue weighted by atomic mass is 9.97. The first-order chi connectivity index (χ1) is 18.6. The molecule has 2 heterocycles. The van der Waals surface area contributed by atoms with Crippen molar-refractivity contribution in [1.82, 2.24) is 30.9 Å².